The number of anilines is 1. The van der Waals surface area contributed by atoms with Crippen LogP contribution in [-0.4, -0.2) is 22.5 Å². The summed E-state index contributed by atoms with van der Waals surface area (Å²) in [5, 5.41) is 12.1. The third kappa shape index (κ3) is 2.66. The molecule has 1 fully saturated rings. The van der Waals surface area contributed by atoms with Crippen LogP contribution < -0.4 is 11.1 Å². The van der Waals surface area contributed by atoms with Crippen molar-refractivity contribution >= 4 is 29.2 Å². The lowest BCUT2D eigenvalue weighted by Crippen LogP contribution is -2.54. The Labute approximate surface area is 115 Å². The molecule has 19 heavy (non-hydrogen) atoms. The lowest BCUT2D eigenvalue weighted by Gasteiger charge is -2.26. The number of aliphatic carboxylic acids is 1. The minimum Gasteiger partial charge on any atom is -0.480 e. The van der Waals surface area contributed by atoms with E-state index >= 15 is 0 Å². The predicted molar refractivity (Wildman–Crippen MR) is 72.1 cm³/mol. The zero-order valence-corrected chi connectivity index (χ0v) is 11.2. The molecule has 1 unspecified atom stereocenters. The Balaban J connectivity index is 2.20. The Kier molecular flexibility index (Phi) is 3.41. The van der Waals surface area contributed by atoms with Gasteiger partial charge in [0.15, 0.2) is 0 Å². The Morgan fingerprint density at radius 2 is 2.11 bits per heavy atom. The highest BCUT2D eigenvalue weighted by Gasteiger charge is 2.48. The first kappa shape index (κ1) is 13.7. The van der Waals surface area contributed by atoms with Crippen molar-refractivity contribution in [2.24, 2.45) is 5.92 Å². The van der Waals surface area contributed by atoms with Gasteiger partial charge < -0.3 is 16.2 Å². The predicted octanol–water partition coefficient (Wildman–Crippen LogP) is 1.91. The zero-order chi connectivity index (χ0) is 14.2. The molecule has 0 aromatic heterocycles. The average molecular weight is 283 g/mol. The molecule has 0 spiro atoms. The molecule has 1 aromatic rings. The molecule has 1 saturated carbocycles. The van der Waals surface area contributed by atoms with Gasteiger partial charge in [0.2, 0.25) is 0 Å². The van der Waals surface area contributed by atoms with Gasteiger partial charge in [-0.25, -0.2) is 4.79 Å². The summed E-state index contributed by atoms with van der Waals surface area (Å²) in [6, 6.07) is 4.47. The number of nitrogens with two attached hydrogens (primary N) is 1. The van der Waals surface area contributed by atoms with E-state index in [2.05, 4.69) is 5.32 Å². The SMILES string of the molecule is CC(NC(=O)c1ccc(N)c(Cl)c1)(C(=O)O)C1CC1. The first-order chi connectivity index (χ1) is 8.84. The number of halogens is 1. The number of amides is 1. The van der Waals surface area contributed by atoms with Crippen LogP contribution in [0.4, 0.5) is 5.69 Å². The van der Waals surface area contributed by atoms with Crippen molar-refractivity contribution in [1.29, 1.82) is 0 Å². The molecule has 1 aromatic carbocycles. The average Bonchev–Trinajstić information content (AvgIpc) is 3.16. The van der Waals surface area contributed by atoms with E-state index in [0.29, 0.717) is 11.3 Å². The number of nitrogens with one attached hydrogen (secondary N) is 1. The molecule has 5 nitrogen and oxygen atoms in total. The molecule has 0 aliphatic heterocycles. The summed E-state index contributed by atoms with van der Waals surface area (Å²) in [5.41, 5.74) is 5.01. The smallest absolute Gasteiger partial charge is 0.329 e. The number of carbonyl (C=O) groups is 2. The maximum absolute atomic E-state index is 12.1. The van der Waals surface area contributed by atoms with Crippen LogP contribution >= 0.6 is 11.6 Å². The van der Waals surface area contributed by atoms with Gasteiger partial charge in [0.05, 0.1) is 10.7 Å². The molecule has 2 rings (SSSR count). The van der Waals surface area contributed by atoms with Crippen LogP contribution in [0.5, 0.6) is 0 Å². The molecular formula is C13H15ClN2O3. The second kappa shape index (κ2) is 4.74. The van der Waals surface area contributed by atoms with Gasteiger partial charge >= 0.3 is 5.97 Å². The van der Waals surface area contributed by atoms with E-state index in [1.54, 1.807) is 0 Å². The highest BCUT2D eigenvalue weighted by atomic mass is 35.5. The third-order valence-corrected chi connectivity index (χ3v) is 3.80. The fraction of sp³-hybridized carbons (Fsp3) is 0.385. The van der Waals surface area contributed by atoms with Crippen LogP contribution in [0.15, 0.2) is 18.2 Å². The molecule has 0 heterocycles. The van der Waals surface area contributed by atoms with Crippen LogP contribution in [0, 0.1) is 5.92 Å². The van der Waals surface area contributed by atoms with Gasteiger partial charge in [0.1, 0.15) is 5.54 Å². The number of carboxylic acids is 1. The minimum atomic E-state index is -1.23. The maximum atomic E-state index is 12.1. The second-order valence-electron chi connectivity index (χ2n) is 4.97. The zero-order valence-electron chi connectivity index (χ0n) is 10.4. The fourth-order valence-electron chi connectivity index (χ4n) is 1.97. The van der Waals surface area contributed by atoms with Gasteiger partial charge in [0.25, 0.3) is 5.91 Å². The van der Waals surface area contributed by atoms with E-state index < -0.39 is 17.4 Å². The van der Waals surface area contributed by atoms with Gasteiger partial charge in [0, 0.05) is 5.56 Å². The first-order valence-corrected chi connectivity index (χ1v) is 6.33. The Bertz CT molecular complexity index is 543. The number of nitrogen functional groups attached to an aromatic ring is 1. The van der Waals surface area contributed by atoms with Gasteiger partial charge in [-0.15, -0.1) is 0 Å². The van der Waals surface area contributed by atoms with E-state index in [-0.39, 0.29) is 10.9 Å². The second-order valence-corrected chi connectivity index (χ2v) is 5.38. The van der Waals surface area contributed by atoms with Gasteiger partial charge in [-0.3, -0.25) is 4.79 Å². The van der Waals surface area contributed by atoms with Gasteiger partial charge in [-0.2, -0.15) is 0 Å². The topological polar surface area (TPSA) is 92.4 Å². The number of hydrogen-bond donors (Lipinski definition) is 3. The highest BCUT2D eigenvalue weighted by Crippen LogP contribution is 2.39. The van der Waals surface area contributed by atoms with Crippen molar-refractivity contribution in [3.05, 3.63) is 28.8 Å². The minimum absolute atomic E-state index is 0.0156. The molecule has 6 heteroatoms. The van der Waals surface area contributed by atoms with Crippen LogP contribution in [-0.2, 0) is 4.79 Å². The normalized spacial score (nSPS) is 17.6. The molecular weight excluding hydrogens is 268 g/mol. The number of benzene rings is 1. The van der Waals surface area contributed by atoms with Gasteiger partial charge in [-0.1, -0.05) is 11.6 Å². The number of carboxylic acid groups (broad SMARTS) is 1. The summed E-state index contributed by atoms with van der Waals surface area (Å²) in [5.74, 6) is -1.50. The van der Waals surface area contributed by atoms with E-state index in [0.717, 1.165) is 12.8 Å². The van der Waals surface area contributed by atoms with E-state index in [4.69, 9.17) is 17.3 Å². The molecule has 1 amide bonds. The lowest BCUT2D eigenvalue weighted by molar-refractivity contribution is -0.144. The molecule has 1 atom stereocenters. The van der Waals surface area contributed by atoms with Crippen LogP contribution in [0.1, 0.15) is 30.1 Å². The maximum Gasteiger partial charge on any atom is 0.329 e. The molecule has 102 valence electrons. The summed E-state index contributed by atoms with van der Waals surface area (Å²) in [6.45, 7) is 1.53. The summed E-state index contributed by atoms with van der Waals surface area (Å²) in [4.78, 5) is 23.4. The highest BCUT2D eigenvalue weighted by molar-refractivity contribution is 6.33. The molecule has 0 radical (unpaired) electrons. The van der Waals surface area contributed by atoms with Crippen molar-refractivity contribution in [2.75, 3.05) is 5.73 Å². The molecule has 1 aliphatic rings. The van der Waals surface area contributed by atoms with Crippen molar-refractivity contribution < 1.29 is 14.7 Å². The first-order valence-electron chi connectivity index (χ1n) is 5.95. The Morgan fingerprint density at radius 3 is 2.58 bits per heavy atom. The Morgan fingerprint density at radius 1 is 1.47 bits per heavy atom. The van der Waals surface area contributed by atoms with E-state index in [9.17, 15) is 14.7 Å². The summed E-state index contributed by atoms with van der Waals surface area (Å²) in [7, 11) is 0. The summed E-state index contributed by atoms with van der Waals surface area (Å²) < 4.78 is 0. The summed E-state index contributed by atoms with van der Waals surface area (Å²) >= 11 is 5.85. The molecule has 0 bridgehead atoms. The molecule has 1 aliphatic carbocycles. The third-order valence-electron chi connectivity index (χ3n) is 3.47. The van der Waals surface area contributed by atoms with E-state index in [1.807, 2.05) is 0 Å². The number of carbonyl (C=O) groups excluding carboxylic acids is 1. The van der Waals surface area contributed by atoms with E-state index in [1.165, 1.54) is 25.1 Å². The fourth-order valence-corrected chi connectivity index (χ4v) is 2.15. The standard InChI is InChI=1S/C13H15ClN2O3/c1-13(12(18)19,8-3-4-8)16-11(17)7-2-5-10(15)9(14)6-7/h2,5-6,8H,3-4,15H2,1H3,(H,16,17)(H,18,19). The van der Waals surface area contributed by atoms with Crippen molar-refractivity contribution in [3.63, 3.8) is 0 Å². The van der Waals surface area contributed by atoms with Crippen LogP contribution in [0.2, 0.25) is 5.02 Å². The summed E-state index contributed by atoms with van der Waals surface area (Å²) in [6.07, 6.45) is 1.62. The van der Waals surface area contributed by atoms with Crippen LogP contribution in [0.3, 0.4) is 0 Å². The largest absolute Gasteiger partial charge is 0.480 e. The molecule has 4 N–H and O–H groups in total. The van der Waals surface area contributed by atoms with Crippen LogP contribution in [0.25, 0.3) is 0 Å². The van der Waals surface area contributed by atoms with Crippen molar-refractivity contribution in [1.82, 2.24) is 5.32 Å². The van der Waals surface area contributed by atoms with Crippen molar-refractivity contribution in [2.45, 2.75) is 25.3 Å². The van der Waals surface area contributed by atoms with Gasteiger partial charge in [-0.05, 0) is 43.9 Å². The number of hydrogen-bond acceptors (Lipinski definition) is 3. The Hall–Kier alpha value is -1.75. The molecule has 0 saturated heterocycles. The lowest BCUT2D eigenvalue weighted by atomic mass is 9.95. The number of rotatable bonds is 4. The monoisotopic (exact) mass is 282 g/mol. The quantitative estimate of drug-likeness (QED) is 0.736. The van der Waals surface area contributed by atoms with Crippen molar-refractivity contribution in [3.8, 4) is 0 Å².